The fourth-order valence-corrected chi connectivity index (χ4v) is 1.18. The van der Waals surface area contributed by atoms with Crippen molar-refractivity contribution in [3.8, 4) is 0 Å². The summed E-state index contributed by atoms with van der Waals surface area (Å²) in [6.45, 7) is 0. The first-order valence-corrected chi connectivity index (χ1v) is 4.36. The summed E-state index contributed by atoms with van der Waals surface area (Å²) in [5.74, 6) is 0. The van der Waals surface area contributed by atoms with Crippen LogP contribution in [-0.2, 0) is 28.8 Å². The molecule has 0 saturated carbocycles. The normalized spacial score (nSPS) is 6.45. The zero-order valence-corrected chi connectivity index (χ0v) is 10.7. The Morgan fingerprint density at radius 1 is 0.909 bits per heavy atom. The zero-order chi connectivity index (χ0) is 5.82. The monoisotopic (exact) mass is 289 g/mol. The first-order chi connectivity index (χ1) is 3.93. The summed E-state index contributed by atoms with van der Waals surface area (Å²) in [6, 6.07) is 10.5. The Bertz CT molecular complexity index is 155. The summed E-state index contributed by atoms with van der Waals surface area (Å²) in [6.07, 6.45) is 0. The molecule has 0 radical (unpaired) electrons. The SMILES string of the molecule is Cl.Cl.Cl.[Zr][CH2]c1ccccc1. The molecule has 11 heavy (non-hydrogen) atoms. The van der Waals surface area contributed by atoms with E-state index < -0.39 is 0 Å². The van der Waals surface area contributed by atoms with Gasteiger partial charge in [0.2, 0.25) is 0 Å². The van der Waals surface area contributed by atoms with Gasteiger partial charge < -0.3 is 0 Å². The van der Waals surface area contributed by atoms with E-state index in [1.807, 2.05) is 0 Å². The summed E-state index contributed by atoms with van der Waals surface area (Å²) in [5, 5.41) is 0. The molecule has 0 aliphatic carbocycles. The molecular weight excluding hydrogens is 282 g/mol. The molecule has 1 aromatic carbocycles. The van der Waals surface area contributed by atoms with Gasteiger partial charge in [-0.3, -0.25) is 0 Å². The molecule has 0 N–H and O–H groups in total. The molecule has 0 unspecified atom stereocenters. The van der Waals surface area contributed by atoms with Crippen LogP contribution in [0.2, 0.25) is 0 Å². The van der Waals surface area contributed by atoms with Gasteiger partial charge in [-0.2, -0.15) is 0 Å². The average Bonchev–Trinajstić information content (AvgIpc) is 1.90. The van der Waals surface area contributed by atoms with E-state index in [2.05, 4.69) is 30.3 Å². The quantitative estimate of drug-likeness (QED) is 0.746. The van der Waals surface area contributed by atoms with E-state index in [1.54, 1.807) is 24.7 Å². The van der Waals surface area contributed by atoms with Gasteiger partial charge in [0.25, 0.3) is 0 Å². The molecule has 0 spiro atoms. The van der Waals surface area contributed by atoms with Crippen LogP contribution >= 0.6 is 37.2 Å². The Morgan fingerprint density at radius 3 is 1.64 bits per heavy atom. The molecule has 0 aromatic heterocycles. The molecule has 0 aliphatic heterocycles. The van der Waals surface area contributed by atoms with Gasteiger partial charge in [0.05, 0.1) is 0 Å². The molecule has 1 rings (SSSR count). The van der Waals surface area contributed by atoms with Gasteiger partial charge in [-0.15, -0.1) is 37.2 Å². The molecule has 0 amide bonds. The minimum absolute atomic E-state index is 0. The van der Waals surface area contributed by atoms with Crippen molar-refractivity contribution >= 4 is 37.2 Å². The van der Waals surface area contributed by atoms with Crippen LogP contribution < -0.4 is 0 Å². The van der Waals surface area contributed by atoms with Crippen LogP contribution in [0.1, 0.15) is 5.56 Å². The van der Waals surface area contributed by atoms with Crippen LogP contribution in [0.3, 0.4) is 0 Å². The first-order valence-electron chi connectivity index (χ1n) is 2.62. The van der Waals surface area contributed by atoms with E-state index in [0.717, 1.165) is 0 Å². The summed E-state index contributed by atoms with van der Waals surface area (Å²) in [5.41, 5.74) is 1.45. The molecule has 0 heterocycles. The summed E-state index contributed by atoms with van der Waals surface area (Å²) in [4.78, 5) is 0. The second-order valence-corrected chi connectivity index (χ2v) is 2.53. The third-order valence-corrected chi connectivity index (χ3v) is 2.05. The maximum atomic E-state index is 2.16. The van der Waals surface area contributed by atoms with Crippen molar-refractivity contribution in [1.82, 2.24) is 0 Å². The first kappa shape index (κ1) is 17.9. The fourth-order valence-electron chi connectivity index (χ4n) is 0.596. The van der Waals surface area contributed by atoms with Crippen molar-refractivity contribution in [2.45, 2.75) is 4.13 Å². The molecule has 63 valence electrons. The van der Waals surface area contributed by atoms with Crippen molar-refractivity contribution < 1.29 is 24.7 Å². The molecule has 0 bridgehead atoms. The number of benzene rings is 1. The Hall–Kier alpha value is 0.973. The standard InChI is InChI=1S/C7H7.3ClH.Zr/c1-7-5-3-2-4-6-7;;;;/h2-6H,1H2;3*1H;. The Kier molecular flexibility index (Phi) is 17.9. The van der Waals surface area contributed by atoms with E-state index in [9.17, 15) is 0 Å². The van der Waals surface area contributed by atoms with Crippen LogP contribution in [0.15, 0.2) is 30.3 Å². The molecule has 4 heteroatoms. The van der Waals surface area contributed by atoms with Crippen molar-refractivity contribution in [3.05, 3.63) is 35.9 Å². The topological polar surface area (TPSA) is 0 Å². The summed E-state index contributed by atoms with van der Waals surface area (Å²) >= 11 is 1.59. The minimum atomic E-state index is 0. The Morgan fingerprint density at radius 2 is 1.36 bits per heavy atom. The van der Waals surface area contributed by atoms with Crippen LogP contribution in [0.25, 0.3) is 0 Å². The second-order valence-electron chi connectivity index (χ2n) is 1.66. The van der Waals surface area contributed by atoms with E-state index in [4.69, 9.17) is 0 Å². The number of hydrogen-bond donors (Lipinski definition) is 0. The predicted molar refractivity (Wildman–Crippen MR) is 51.9 cm³/mol. The van der Waals surface area contributed by atoms with E-state index in [0.29, 0.717) is 0 Å². The molecule has 0 saturated heterocycles. The number of rotatable bonds is 1. The number of hydrogen-bond acceptors (Lipinski definition) is 0. The van der Waals surface area contributed by atoms with Gasteiger partial charge in [0.15, 0.2) is 0 Å². The maximum absolute atomic E-state index is 2.16. The van der Waals surface area contributed by atoms with Crippen LogP contribution in [0.5, 0.6) is 0 Å². The van der Waals surface area contributed by atoms with E-state index in [1.165, 1.54) is 9.69 Å². The summed E-state index contributed by atoms with van der Waals surface area (Å²) < 4.78 is 1.23. The molecule has 0 nitrogen and oxygen atoms in total. The van der Waals surface area contributed by atoms with Crippen LogP contribution in [0.4, 0.5) is 0 Å². The van der Waals surface area contributed by atoms with E-state index in [-0.39, 0.29) is 37.2 Å². The second kappa shape index (κ2) is 11.0. The van der Waals surface area contributed by atoms with Crippen LogP contribution in [-0.4, -0.2) is 0 Å². The molecular formula is C7H10Cl3Zr. The Balaban J connectivity index is -0.000000213. The zero-order valence-electron chi connectivity index (χ0n) is 5.82. The average molecular weight is 292 g/mol. The predicted octanol–water partition coefficient (Wildman–Crippen LogP) is 3.00. The van der Waals surface area contributed by atoms with Crippen molar-refractivity contribution in [2.24, 2.45) is 0 Å². The van der Waals surface area contributed by atoms with Crippen molar-refractivity contribution in [1.29, 1.82) is 0 Å². The van der Waals surface area contributed by atoms with Gasteiger partial charge in [-0.1, -0.05) is 0 Å². The third kappa shape index (κ3) is 7.34. The van der Waals surface area contributed by atoms with Crippen molar-refractivity contribution in [2.75, 3.05) is 0 Å². The Labute approximate surface area is 101 Å². The fraction of sp³-hybridized carbons (Fsp3) is 0.143. The van der Waals surface area contributed by atoms with Gasteiger partial charge in [-0.25, -0.2) is 0 Å². The van der Waals surface area contributed by atoms with Crippen LogP contribution in [0, 0.1) is 0 Å². The molecule has 0 fully saturated rings. The van der Waals surface area contributed by atoms with Gasteiger partial charge in [0.1, 0.15) is 0 Å². The third-order valence-electron chi connectivity index (χ3n) is 1.05. The molecule has 1 aromatic rings. The number of halogens is 3. The van der Waals surface area contributed by atoms with Gasteiger partial charge in [-0.05, 0) is 0 Å². The molecule has 0 atom stereocenters. The van der Waals surface area contributed by atoms with E-state index >= 15 is 0 Å². The van der Waals surface area contributed by atoms with Gasteiger partial charge in [0, 0.05) is 0 Å². The van der Waals surface area contributed by atoms with Crippen molar-refractivity contribution in [3.63, 3.8) is 0 Å². The van der Waals surface area contributed by atoms with Gasteiger partial charge >= 0.3 is 64.7 Å². The molecule has 0 aliphatic rings. The summed E-state index contributed by atoms with van der Waals surface area (Å²) in [7, 11) is 0.